The van der Waals surface area contributed by atoms with Crippen LogP contribution in [0.3, 0.4) is 0 Å². The second-order valence-electron chi connectivity index (χ2n) is 7.07. The summed E-state index contributed by atoms with van der Waals surface area (Å²) in [6.45, 7) is 8.23. The van der Waals surface area contributed by atoms with Crippen molar-refractivity contribution in [2.24, 2.45) is 0 Å². The summed E-state index contributed by atoms with van der Waals surface area (Å²) in [6, 6.07) is 15.4. The molecular weight excluding hydrogens is 442 g/mol. The molecule has 34 heavy (non-hydrogen) atoms. The molecule has 3 aromatic carbocycles. The molecule has 0 unspecified atom stereocenters. The molecule has 172 valence electrons. The van der Waals surface area contributed by atoms with Crippen molar-refractivity contribution in [3.8, 4) is 33.8 Å². The highest BCUT2D eigenvalue weighted by Crippen LogP contribution is 2.30. The van der Waals surface area contributed by atoms with Gasteiger partial charge in [-0.15, -0.1) is 0 Å². The van der Waals surface area contributed by atoms with Gasteiger partial charge in [0, 0.05) is 23.3 Å². The van der Waals surface area contributed by atoms with Gasteiger partial charge in [-0.3, -0.25) is 0 Å². The summed E-state index contributed by atoms with van der Waals surface area (Å²) < 4.78 is 43.7. The lowest BCUT2D eigenvalue weighted by molar-refractivity contribution is -0.133. The van der Waals surface area contributed by atoms with Crippen molar-refractivity contribution in [3.63, 3.8) is 0 Å². The lowest BCUT2D eigenvalue weighted by Crippen LogP contribution is -2.04. The van der Waals surface area contributed by atoms with E-state index in [2.05, 4.69) is 13.2 Å². The molecule has 0 heterocycles. The van der Waals surface area contributed by atoms with Gasteiger partial charge in [0.15, 0.2) is 11.6 Å². The van der Waals surface area contributed by atoms with Crippen molar-refractivity contribution < 1.29 is 32.6 Å². The molecule has 0 fully saturated rings. The number of benzene rings is 3. The van der Waals surface area contributed by atoms with Crippen molar-refractivity contribution in [2.45, 2.75) is 6.92 Å². The molecule has 3 rings (SSSR count). The lowest BCUT2D eigenvalue weighted by atomic mass is 10.00. The number of hydrogen-bond acceptors (Lipinski definition) is 5. The first-order valence-electron chi connectivity index (χ1n) is 10.0. The van der Waals surface area contributed by atoms with Crippen LogP contribution >= 0.6 is 0 Å². The molecular formula is C27H20F2O5. The molecule has 0 N–H and O–H groups in total. The highest BCUT2D eigenvalue weighted by molar-refractivity contribution is 5.87. The minimum absolute atomic E-state index is 0.196. The van der Waals surface area contributed by atoms with Crippen molar-refractivity contribution in [1.82, 2.24) is 0 Å². The van der Waals surface area contributed by atoms with Crippen LogP contribution in [0.2, 0.25) is 0 Å². The van der Waals surface area contributed by atoms with Gasteiger partial charge >= 0.3 is 11.9 Å². The Labute approximate surface area is 195 Å². The fourth-order valence-electron chi connectivity index (χ4n) is 2.86. The SMILES string of the molecule is C=CC(=O)Oc1ccc(-c2ccc(-c3ccc(OC=COC(=O)C(=C)C)cc3F)cc2)cc1F. The summed E-state index contributed by atoms with van der Waals surface area (Å²) in [7, 11) is 0. The first kappa shape index (κ1) is 24.1. The van der Waals surface area contributed by atoms with E-state index >= 15 is 0 Å². The van der Waals surface area contributed by atoms with Crippen LogP contribution in [0, 0.1) is 11.6 Å². The first-order chi connectivity index (χ1) is 16.3. The van der Waals surface area contributed by atoms with E-state index in [-0.39, 0.29) is 17.1 Å². The summed E-state index contributed by atoms with van der Waals surface area (Å²) >= 11 is 0. The van der Waals surface area contributed by atoms with Gasteiger partial charge in [0.25, 0.3) is 0 Å². The van der Waals surface area contributed by atoms with Gasteiger partial charge in [-0.05, 0) is 47.9 Å². The molecule has 0 amide bonds. The Bertz CT molecular complexity index is 1280. The maximum absolute atomic E-state index is 14.6. The zero-order chi connectivity index (χ0) is 24.7. The number of rotatable bonds is 8. The number of ether oxygens (including phenoxy) is 3. The second-order valence-corrected chi connectivity index (χ2v) is 7.07. The number of halogens is 2. The van der Waals surface area contributed by atoms with Crippen LogP contribution in [0.25, 0.3) is 22.3 Å². The van der Waals surface area contributed by atoms with E-state index < -0.39 is 23.6 Å². The summed E-state index contributed by atoms with van der Waals surface area (Å²) in [5, 5.41) is 0. The number of carbonyl (C=O) groups excluding carboxylic acids is 2. The topological polar surface area (TPSA) is 61.8 Å². The summed E-state index contributed by atoms with van der Waals surface area (Å²) in [5.41, 5.74) is 2.44. The third kappa shape index (κ3) is 6.04. The Morgan fingerprint density at radius 2 is 1.53 bits per heavy atom. The standard InChI is InChI=1S/C27H20F2O5/c1-4-26(30)34-25-12-9-20(15-24(25)29)18-5-7-19(8-6-18)22-11-10-21(16-23(22)28)32-13-14-33-27(31)17(2)3/h4-16H,1-2H2,3H3. The molecule has 0 aliphatic carbocycles. The molecule has 0 radical (unpaired) electrons. The van der Waals surface area contributed by atoms with Crippen LogP contribution in [0.4, 0.5) is 8.78 Å². The van der Waals surface area contributed by atoms with Crippen LogP contribution in [-0.2, 0) is 14.3 Å². The second kappa shape index (κ2) is 10.9. The molecule has 0 bridgehead atoms. The van der Waals surface area contributed by atoms with Crippen molar-refractivity contribution in [2.75, 3.05) is 0 Å². The van der Waals surface area contributed by atoms with Gasteiger partial charge in [0.2, 0.25) is 0 Å². The van der Waals surface area contributed by atoms with E-state index in [0.29, 0.717) is 22.3 Å². The molecule has 0 aliphatic rings. The van der Waals surface area contributed by atoms with E-state index in [9.17, 15) is 18.4 Å². The van der Waals surface area contributed by atoms with Gasteiger partial charge in [-0.25, -0.2) is 18.4 Å². The largest absolute Gasteiger partial charge is 0.462 e. The fraction of sp³-hybridized carbons (Fsp3) is 0.0370. The molecule has 5 nitrogen and oxygen atoms in total. The van der Waals surface area contributed by atoms with E-state index in [0.717, 1.165) is 18.6 Å². The zero-order valence-electron chi connectivity index (χ0n) is 18.2. The van der Waals surface area contributed by atoms with Crippen LogP contribution < -0.4 is 9.47 Å². The van der Waals surface area contributed by atoms with Crippen LogP contribution in [0.5, 0.6) is 11.5 Å². The smallest absolute Gasteiger partial charge is 0.338 e. The van der Waals surface area contributed by atoms with Gasteiger partial charge < -0.3 is 14.2 Å². The Morgan fingerprint density at radius 1 is 0.853 bits per heavy atom. The Kier molecular flexibility index (Phi) is 7.71. The van der Waals surface area contributed by atoms with Crippen molar-refractivity contribution in [1.29, 1.82) is 0 Å². The quantitative estimate of drug-likeness (QED) is 0.169. The van der Waals surface area contributed by atoms with Gasteiger partial charge in [0.05, 0.1) is 0 Å². The number of esters is 2. The molecule has 3 aromatic rings. The fourth-order valence-corrected chi connectivity index (χ4v) is 2.86. The van der Waals surface area contributed by atoms with Gasteiger partial charge in [-0.1, -0.05) is 43.5 Å². The normalized spacial score (nSPS) is 10.6. The molecule has 0 saturated heterocycles. The minimum Gasteiger partial charge on any atom is -0.462 e. The Hall–Kier alpha value is -4.52. The predicted octanol–water partition coefficient (Wildman–Crippen LogP) is 6.36. The Morgan fingerprint density at radius 3 is 2.15 bits per heavy atom. The summed E-state index contributed by atoms with van der Waals surface area (Å²) in [6.07, 6.45) is 3.11. The van der Waals surface area contributed by atoms with Crippen molar-refractivity contribution >= 4 is 11.9 Å². The number of carbonyl (C=O) groups is 2. The molecule has 0 saturated carbocycles. The van der Waals surface area contributed by atoms with E-state index in [1.54, 1.807) is 42.5 Å². The van der Waals surface area contributed by atoms with Gasteiger partial charge in [-0.2, -0.15) is 0 Å². The third-order valence-electron chi connectivity index (χ3n) is 4.56. The van der Waals surface area contributed by atoms with E-state index in [1.165, 1.54) is 25.1 Å². The average molecular weight is 462 g/mol. The monoisotopic (exact) mass is 462 g/mol. The highest BCUT2D eigenvalue weighted by atomic mass is 19.1. The van der Waals surface area contributed by atoms with E-state index in [1.807, 2.05) is 0 Å². The number of hydrogen-bond donors (Lipinski definition) is 0. The minimum atomic E-state index is -0.753. The molecule has 0 aromatic heterocycles. The zero-order valence-corrected chi connectivity index (χ0v) is 18.2. The summed E-state index contributed by atoms with van der Waals surface area (Å²) in [5.74, 6) is -2.54. The molecule has 0 atom stereocenters. The average Bonchev–Trinajstić information content (AvgIpc) is 2.83. The first-order valence-corrected chi connectivity index (χ1v) is 10.0. The Balaban J connectivity index is 1.71. The maximum atomic E-state index is 14.6. The van der Waals surface area contributed by atoms with Crippen LogP contribution in [0.15, 0.2) is 98.0 Å². The third-order valence-corrected chi connectivity index (χ3v) is 4.56. The van der Waals surface area contributed by atoms with Crippen LogP contribution in [0.1, 0.15) is 6.92 Å². The summed E-state index contributed by atoms with van der Waals surface area (Å²) in [4.78, 5) is 22.5. The molecule has 7 heteroatoms. The van der Waals surface area contributed by atoms with E-state index in [4.69, 9.17) is 14.2 Å². The van der Waals surface area contributed by atoms with Crippen molar-refractivity contribution in [3.05, 3.63) is 110 Å². The maximum Gasteiger partial charge on any atom is 0.338 e. The van der Waals surface area contributed by atoms with Crippen LogP contribution in [-0.4, -0.2) is 11.9 Å². The lowest BCUT2D eigenvalue weighted by Gasteiger charge is -2.09. The highest BCUT2D eigenvalue weighted by Gasteiger charge is 2.11. The predicted molar refractivity (Wildman–Crippen MR) is 124 cm³/mol. The molecule has 0 spiro atoms. The van der Waals surface area contributed by atoms with Gasteiger partial charge in [0.1, 0.15) is 24.1 Å². The molecule has 0 aliphatic heterocycles.